The highest BCUT2D eigenvalue weighted by molar-refractivity contribution is 7.92. The summed E-state index contributed by atoms with van der Waals surface area (Å²) in [7, 11) is -0.153. The number of hydrogen-bond donors (Lipinski definition) is 1. The van der Waals surface area contributed by atoms with E-state index < -0.39 is 10.0 Å². The van der Waals surface area contributed by atoms with Gasteiger partial charge in [-0.2, -0.15) is 0 Å². The van der Waals surface area contributed by atoms with Gasteiger partial charge >= 0.3 is 0 Å². The van der Waals surface area contributed by atoms with Crippen LogP contribution in [0.15, 0.2) is 36.8 Å². The Morgan fingerprint density at radius 3 is 2.61 bits per heavy atom. The highest BCUT2D eigenvalue weighted by atomic mass is 32.2. The van der Waals surface area contributed by atoms with Crippen molar-refractivity contribution in [3.8, 4) is 11.3 Å². The average molecular weight is 578 g/mol. The summed E-state index contributed by atoms with van der Waals surface area (Å²) >= 11 is 0. The number of aryl methyl sites for hydroxylation is 2. The summed E-state index contributed by atoms with van der Waals surface area (Å²) in [5.74, 6) is 1.08. The molecule has 1 atom stereocenters. The zero-order valence-corrected chi connectivity index (χ0v) is 24.6. The van der Waals surface area contributed by atoms with Crippen molar-refractivity contribution < 1.29 is 17.9 Å². The summed E-state index contributed by atoms with van der Waals surface area (Å²) in [6.45, 7) is 2.61. The van der Waals surface area contributed by atoms with E-state index in [-0.39, 0.29) is 24.3 Å². The number of ether oxygens (including phenoxy) is 1. The smallest absolute Gasteiger partial charge is 0.232 e. The van der Waals surface area contributed by atoms with Gasteiger partial charge in [0, 0.05) is 38.6 Å². The number of fused-ring (bicyclic) bond motifs is 1. The maximum atomic E-state index is 12.8. The monoisotopic (exact) mass is 577 g/mol. The maximum Gasteiger partial charge on any atom is 0.232 e. The molecule has 0 bridgehead atoms. The van der Waals surface area contributed by atoms with Crippen LogP contribution in [0.5, 0.6) is 0 Å². The van der Waals surface area contributed by atoms with Gasteiger partial charge in [-0.25, -0.2) is 23.4 Å². The molecule has 4 heterocycles. The topological polar surface area (TPSA) is 124 Å². The first-order valence-electron chi connectivity index (χ1n) is 13.9. The Balaban J connectivity index is 1.48. The summed E-state index contributed by atoms with van der Waals surface area (Å²) in [5.41, 5.74) is 5.34. The van der Waals surface area contributed by atoms with Gasteiger partial charge < -0.3 is 14.6 Å². The summed E-state index contributed by atoms with van der Waals surface area (Å²) in [5, 5.41) is 3.46. The number of rotatable bonds is 9. The van der Waals surface area contributed by atoms with Crippen LogP contribution in [-0.2, 0) is 33.0 Å². The summed E-state index contributed by atoms with van der Waals surface area (Å²) in [6, 6.07) is 7.47. The molecular formula is C29H35N7O4S. The molecule has 41 heavy (non-hydrogen) atoms. The molecule has 0 radical (unpaired) electrons. The van der Waals surface area contributed by atoms with E-state index in [2.05, 4.69) is 10.3 Å². The third-order valence-corrected chi connectivity index (χ3v) is 9.12. The van der Waals surface area contributed by atoms with Gasteiger partial charge in [-0.05, 0) is 57.2 Å². The lowest BCUT2D eigenvalue weighted by molar-refractivity contribution is -0.119. The maximum absolute atomic E-state index is 12.8. The average Bonchev–Trinajstić information content (AvgIpc) is 3.62. The van der Waals surface area contributed by atoms with Crippen LogP contribution < -0.4 is 9.62 Å². The second-order valence-corrected chi connectivity index (χ2v) is 13.1. The van der Waals surface area contributed by atoms with Gasteiger partial charge in [-0.1, -0.05) is 6.07 Å². The van der Waals surface area contributed by atoms with Crippen LogP contribution in [0.1, 0.15) is 49.9 Å². The van der Waals surface area contributed by atoms with Gasteiger partial charge in [0.05, 0.1) is 47.2 Å². The van der Waals surface area contributed by atoms with Crippen LogP contribution >= 0.6 is 0 Å². The lowest BCUT2D eigenvalue weighted by atomic mass is 10.1. The van der Waals surface area contributed by atoms with Gasteiger partial charge in [0.2, 0.25) is 10.0 Å². The Kier molecular flexibility index (Phi) is 7.06. The van der Waals surface area contributed by atoms with Crippen molar-refractivity contribution in [3.05, 3.63) is 48.3 Å². The molecule has 4 aromatic rings. The number of benzene rings is 1. The molecule has 1 aromatic carbocycles. The van der Waals surface area contributed by atoms with Crippen LogP contribution in [0.4, 0.5) is 17.1 Å². The van der Waals surface area contributed by atoms with Gasteiger partial charge in [0.25, 0.3) is 0 Å². The first-order valence-corrected chi connectivity index (χ1v) is 15.8. The molecule has 3 aromatic heterocycles. The highest BCUT2D eigenvalue weighted by Gasteiger charge is 2.30. The second-order valence-electron chi connectivity index (χ2n) is 11.1. The molecule has 1 aliphatic carbocycles. The van der Waals surface area contributed by atoms with E-state index >= 15 is 0 Å². The third kappa shape index (κ3) is 5.45. The number of sulfonamides is 1. The number of pyridine rings is 1. The number of ketones is 1. The fourth-order valence-electron chi connectivity index (χ4n) is 5.43. The molecule has 2 fully saturated rings. The zero-order chi connectivity index (χ0) is 28.9. The quantitative estimate of drug-likeness (QED) is 0.308. The number of hydrogen-bond acceptors (Lipinski definition) is 8. The Morgan fingerprint density at radius 2 is 1.95 bits per heavy atom. The Bertz CT molecular complexity index is 1730. The summed E-state index contributed by atoms with van der Waals surface area (Å²) in [6.07, 6.45) is 9.49. The molecule has 1 aliphatic heterocycles. The van der Waals surface area contributed by atoms with E-state index in [4.69, 9.17) is 14.7 Å². The van der Waals surface area contributed by atoms with Crippen molar-refractivity contribution in [3.63, 3.8) is 0 Å². The fourth-order valence-corrected chi connectivity index (χ4v) is 5.93. The lowest BCUT2D eigenvalue weighted by Gasteiger charge is -2.25. The predicted octanol–water partition coefficient (Wildman–Crippen LogP) is 4.50. The van der Waals surface area contributed by atoms with Crippen LogP contribution in [0.2, 0.25) is 0 Å². The number of nitrogens with one attached hydrogen (secondary N) is 1. The number of nitrogens with zero attached hydrogens (tertiary/aromatic N) is 6. The molecule has 1 N–H and O–H groups in total. The molecule has 0 amide bonds. The van der Waals surface area contributed by atoms with Gasteiger partial charge in [-0.15, -0.1) is 0 Å². The van der Waals surface area contributed by atoms with Crippen LogP contribution in [0.25, 0.3) is 22.4 Å². The standard InChI is InChI=1S/C29H35N7O4S/c1-18-31-28-23(14-21(15-26(37)19-8-9-19)32-29(28)36(18)27-7-5-6-12-40-27)33-22-11-10-20(25-16-30-17-34(25)2)13-24(22)35(3)41(4,38)39/h10-11,13-14,16-17,19,27H,5-9,12,15H2,1-4H3,(H,32,33). The van der Waals surface area contributed by atoms with Gasteiger partial charge in [0.1, 0.15) is 23.4 Å². The van der Waals surface area contributed by atoms with Crippen molar-refractivity contribution in [2.24, 2.45) is 13.0 Å². The van der Waals surface area contributed by atoms with Crippen molar-refractivity contribution in [2.45, 2.75) is 51.7 Å². The normalized spacial score (nSPS) is 17.6. The molecule has 216 valence electrons. The minimum Gasteiger partial charge on any atom is -0.358 e. The lowest BCUT2D eigenvalue weighted by Crippen LogP contribution is -2.25. The first-order chi connectivity index (χ1) is 19.6. The van der Waals surface area contributed by atoms with E-state index in [0.29, 0.717) is 40.5 Å². The van der Waals surface area contributed by atoms with Crippen molar-refractivity contribution in [1.29, 1.82) is 0 Å². The molecule has 0 spiro atoms. The van der Waals surface area contributed by atoms with Gasteiger partial charge in [-0.3, -0.25) is 13.7 Å². The largest absolute Gasteiger partial charge is 0.358 e. The van der Waals surface area contributed by atoms with Crippen LogP contribution in [-0.4, -0.2) is 58.2 Å². The molecule has 1 saturated carbocycles. The SMILES string of the molecule is Cc1nc2c(Nc3ccc(-c4cncn4C)cc3N(C)S(C)(=O)=O)cc(CC(=O)C3CC3)nc2n1C1CCCCO1. The number of imidazole rings is 2. The molecule has 6 rings (SSSR count). The number of Topliss-reactive ketones (excluding diaryl/α,β-unsaturated/α-hetero) is 1. The minimum atomic E-state index is -3.58. The number of aromatic nitrogens is 5. The summed E-state index contributed by atoms with van der Waals surface area (Å²) < 4.78 is 36.6. The summed E-state index contributed by atoms with van der Waals surface area (Å²) in [4.78, 5) is 26.8. The fraction of sp³-hybridized carbons (Fsp3) is 0.448. The van der Waals surface area contributed by atoms with E-state index in [1.165, 1.54) is 17.6 Å². The molecular weight excluding hydrogens is 542 g/mol. The number of carbonyl (C=O) groups is 1. The Morgan fingerprint density at radius 1 is 1.15 bits per heavy atom. The van der Waals surface area contributed by atoms with Crippen molar-refractivity contribution in [1.82, 2.24) is 24.1 Å². The third-order valence-electron chi connectivity index (χ3n) is 7.93. The molecule has 1 saturated heterocycles. The predicted molar refractivity (Wildman–Crippen MR) is 158 cm³/mol. The molecule has 1 unspecified atom stereocenters. The molecule has 11 nitrogen and oxygen atoms in total. The molecule has 12 heteroatoms. The number of carbonyl (C=O) groups excluding carboxylic acids is 1. The van der Waals surface area contributed by atoms with Crippen LogP contribution in [0.3, 0.4) is 0 Å². The highest BCUT2D eigenvalue weighted by Crippen LogP contribution is 2.38. The number of anilines is 3. The van der Waals surface area contributed by atoms with Crippen molar-refractivity contribution >= 4 is 44.0 Å². The van der Waals surface area contributed by atoms with Gasteiger partial charge in [0.15, 0.2) is 5.65 Å². The second kappa shape index (κ2) is 10.6. The van der Waals surface area contributed by atoms with Crippen LogP contribution in [0, 0.1) is 12.8 Å². The van der Waals surface area contributed by atoms with Crippen molar-refractivity contribution in [2.75, 3.05) is 29.5 Å². The van der Waals surface area contributed by atoms with E-state index in [1.807, 2.05) is 47.4 Å². The van der Waals surface area contributed by atoms with E-state index in [1.54, 1.807) is 12.5 Å². The van der Waals surface area contributed by atoms with E-state index in [9.17, 15) is 13.2 Å². The molecule has 2 aliphatic rings. The van der Waals surface area contributed by atoms with E-state index in [0.717, 1.165) is 49.2 Å². The zero-order valence-electron chi connectivity index (χ0n) is 23.8. The Hall–Kier alpha value is -3.77. The first kappa shape index (κ1) is 27.4. The Labute approximate surface area is 239 Å². The minimum absolute atomic E-state index is 0.117.